The number of benzene rings is 1. The molecule has 1 aromatic heterocycles. The molecule has 2 rings (SSSR count). The molecule has 0 atom stereocenters. The zero-order chi connectivity index (χ0) is 14.2. The van der Waals surface area contributed by atoms with Gasteiger partial charge in [-0.15, -0.1) is 0 Å². The Hall–Kier alpha value is -1.50. The van der Waals surface area contributed by atoms with Crippen molar-refractivity contribution >= 4 is 15.9 Å². The van der Waals surface area contributed by atoms with Crippen LogP contribution < -0.4 is 4.74 Å². The molecule has 19 heavy (non-hydrogen) atoms. The Labute approximate surface area is 116 Å². The third-order valence-corrected chi connectivity index (χ3v) is 3.35. The van der Waals surface area contributed by atoms with Crippen LogP contribution in [0.4, 0.5) is 13.2 Å². The SMILES string of the molecule is COc1cccc(-c2c(Br)c(C(F)(F)F)nn2C)c1. The van der Waals surface area contributed by atoms with Crippen LogP contribution in [0, 0.1) is 0 Å². The normalized spacial score (nSPS) is 11.7. The lowest BCUT2D eigenvalue weighted by molar-refractivity contribution is -0.142. The molecule has 102 valence electrons. The number of methoxy groups -OCH3 is 1. The number of halogens is 4. The Morgan fingerprint density at radius 3 is 2.53 bits per heavy atom. The van der Waals surface area contributed by atoms with Gasteiger partial charge in [-0.1, -0.05) is 12.1 Å². The molecule has 0 spiro atoms. The van der Waals surface area contributed by atoms with Gasteiger partial charge in [-0.05, 0) is 28.1 Å². The number of hydrogen-bond donors (Lipinski definition) is 0. The average Bonchev–Trinajstić information content (AvgIpc) is 2.65. The molecule has 3 nitrogen and oxygen atoms in total. The molecule has 0 aliphatic carbocycles. The molecule has 0 bridgehead atoms. The number of aromatic nitrogens is 2. The van der Waals surface area contributed by atoms with E-state index in [4.69, 9.17) is 4.74 Å². The molecule has 2 aromatic rings. The third-order valence-electron chi connectivity index (χ3n) is 2.60. The maximum absolute atomic E-state index is 12.8. The molecule has 0 fully saturated rings. The molecule has 0 unspecified atom stereocenters. The van der Waals surface area contributed by atoms with Gasteiger partial charge in [-0.2, -0.15) is 18.3 Å². The van der Waals surface area contributed by atoms with Gasteiger partial charge in [-0.3, -0.25) is 4.68 Å². The van der Waals surface area contributed by atoms with Crippen LogP contribution in [0.15, 0.2) is 28.7 Å². The highest BCUT2D eigenvalue weighted by Crippen LogP contribution is 2.39. The predicted octanol–water partition coefficient (Wildman–Crippen LogP) is 3.88. The summed E-state index contributed by atoms with van der Waals surface area (Å²) in [6.45, 7) is 0. The van der Waals surface area contributed by atoms with Crippen LogP contribution in [0.25, 0.3) is 11.3 Å². The van der Waals surface area contributed by atoms with E-state index in [9.17, 15) is 13.2 Å². The molecule has 0 amide bonds. The highest BCUT2D eigenvalue weighted by atomic mass is 79.9. The first-order valence-corrected chi connectivity index (χ1v) is 6.08. The topological polar surface area (TPSA) is 27.1 Å². The van der Waals surface area contributed by atoms with Crippen molar-refractivity contribution in [2.45, 2.75) is 6.18 Å². The number of rotatable bonds is 2. The van der Waals surface area contributed by atoms with E-state index in [0.29, 0.717) is 17.0 Å². The summed E-state index contributed by atoms with van der Waals surface area (Å²) < 4.78 is 44.5. The molecular formula is C12H10BrF3N2O. The first-order valence-electron chi connectivity index (χ1n) is 5.28. The fourth-order valence-electron chi connectivity index (χ4n) is 1.76. The van der Waals surface area contributed by atoms with Crippen molar-refractivity contribution < 1.29 is 17.9 Å². The van der Waals surface area contributed by atoms with Gasteiger partial charge in [-0.25, -0.2) is 0 Å². The first kappa shape index (κ1) is 13.9. The van der Waals surface area contributed by atoms with Gasteiger partial charge in [0.2, 0.25) is 0 Å². The summed E-state index contributed by atoms with van der Waals surface area (Å²) in [5.74, 6) is 0.569. The molecule has 7 heteroatoms. The van der Waals surface area contributed by atoms with Gasteiger partial charge in [0, 0.05) is 12.6 Å². The monoisotopic (exact) mass is 334 g/mol. The lowest BCUT2D eigenvalue weighted by atomic mass is 10.1. The minimum atomic E-state index is -4.49. The third kappa shape index (κ3) is 2.60. The smallest absolute Gasteiger partial charge is 0.436 e. The summed E-state index contributed by atoms with van der Waals surface area (Å²) in [5.41, 5.74) is 0.00997. The van der Waals surface area contributed by atoms with Crippen molar-refractivity contribution in [1.29, 1.82) is 0 Å². The average molecular weight is 335 g/mol. The summed E-state index contributed by atoms with van der Waals surface area (Å²) in [6, 6.07) is 6.78. The molecule has 0 aliphatic heterocycles. The fourth-order valence-corrected chi connectivity index (χ4v) is 2.55. The van der Waals surface area contributed by atoms with Crippen LogP contribution in [-0.4, -0.2) is 16.9 Å². The Morgan fingerprint density at radius 2 is 2.00 bits per heavy atom. The summed E-state index contributed by atoms with van der Waals surface area (Å²) >= 11 is 2.98. The number of hydrogen-bond acceptors (Lipinski definition) is 2. The maximum atomic E-state index is 12.8. The fraction of sp³-hybridized carbons (Fsp3) is 0.250. The second kappa shape index (κ2) is 4.88. The van der Waals surface area contributed by atoms with Crippen molar-refractivity contribution in [2.75, 3.05) is 7.11 Å². The van der Waals surface area contributed by atoms with Crippen molar-refractivity contribution in [2.24, 2.45) is 7.05 Å². The zero-order valence-corrected chi connectivity index (χ0v) is 11.7. The van der Waals surface area contributed by atoms with Crippen LogP contribution in [0.1, 0.15) is 5.69 Å². The molecule has 0 saturated heterocycles. The van der Waals surface area contributed by atoms with E-state index in [1.165, 1.54) is 18.8 Å². The van der Waals surface area contributed by atoms with E-state index in [1.807, 2.05) is 0 Å². The standard InChI is InChI=1S/C12H10BrF3N2O/c1-18-10(7-4-3-5-8(6-7)19-2)9(13)11(17-18)12(14,15)16/h3-6H,1-2H3. The van der Waals surface area contributed by atoms with Crippen molar-refractivity contribution in [3.8, 4) is 17.0 Å². The molecule has 0 radical (unpaired) electrons. The number of ether oxygens (including phenoxy) is 1. The summed E-state index contributed by atoms with van der Waals surface area (Å²) in [7, 11) is 2.97. The number of alkyl halides is 3. The van der Waals surface area contributed by atoms with Crippen LogP contribution in [0.5, 0.6) is 5.75 Å². The van der Waals surface area contributed by atoms with E-state index < -0.39 is 11.9 Å². The highest BCUT2D eigenvalue weighted by Gasteiger charge is 2.38. The van der Waals surface area contributed by atoms with Crippen LogP contribution in [-0.2, 0) is 13.2 Å². The van der Waals surface area contributed by atoms with Gasteiger partial charge in [0.05, 0.1) is 17.3 Å². The number of nitrogens with zero attached hydrogens (tertiary/aromatic N) is 2. The van der Waals surface area contributed by atoms with Crippen LogP contribution >= 0.6 is 15.9 Å². The lowest BCUT2D eigenvalue weighted by Gasteiger charge is -2.06. The Bertz CT molecular complexity index is 608. The molecule has 0 aliphatic rings. The second-order valence-corrected chi connectivity index (χ2v) is 4.66. The van der Waals surface area contributed by atoms with Crippen molar-refractivity contribution in [1.82, 2.24) is 9.78 Å². The van der Waals surface area contributed by atoms with Crippen molar-refractivity contribution in [3.63, 3.8) is 0 Å². The van der Waals surface area contributed by atoms with Crippen LogP contribution in [0.2, 0.25) is 0 Å². The maximum Gasteiger partial charge on any atom is 0.436 e. The number of aryl methyl sites for hydroxylation is 1. The molecule has 1 aromatic carbocycles. The van der Waals surface area contributed by atoms with Gasteiger partial charge < -0.3 is 4.74 Å². The van der Waals surface area contributed by atoms with Crippen molar-refractivity contribution in [3.05, 3.63) is 34.4 Å². The summed E-state index contributed by atoms with van der Waals surface area (Å²) in [4.78, 5) is 0. The van der Waals surface area contributed by atoms with E-state index in [2.05, 4.69) is 21.0 Å². The second-order valence-electron chi connectivity index (χ2n) is 3.86. The summed E-state index contributed by atoms with van der Waals surface area (Å²) in [6.07, 6.45) is -4.49. The quantitative estimate of drug-likeness (QED) is 0.833. The first-order chi connectivity index (χ1) is 8.84. The molecular weight excluding hydrogens is 325 g/mol. The Morgan fingerprint density at radius 1 is 1.32 bits per heavy atom. The van der Waals surface area contributed by atoms with E-state index in [-0.39, 0.29) is 4.47 Å². The minimum Gasteiger partial charge on any atom is -0.497 e. The molecule has 1 heterocycles. The van der Waals surface area contributed by atoms with E-state index in [0.717, 1.165) is 0 Å². The summed E-state index contributed by atoms with van der Waals surface area (Å²) in [5, 5.41) is 3.52. The largest absolute Gasteiger partial charge is 0.497 e. The van der Waals surface area contributed by atoms with Crippen LogP contribution in [0.3, 0.4) is 0 Å². The predicted molar refractivity (Wildman–Crippen MR) is 67.9 cm³/mol. The minimum absolute atomic E-state index is 0.0734. The van der Waals surface area contributed by atoms with E-state index >= 15 is 0 Å². The highest BCUT2D eigenvalue weighted by molar-refractivity contribution is 9.10. The molecule has 0 saturated carbocycles. The Balaban J connectivity index is 2.59. The molecule has 0 N–H and O–H groups in total. The Kier molecular flexibility index (Phi) is 3.58. The lowest BCUT2D eigenvalue weighted by Crippen LogP contribution is -2.07. The zero-order valence-electron chi connectivity index (χ0n) is 10.1. The van der Waals surface area contributed by atoms with Gasteiger partial charge >= 0.3 is 6.18 Å². The van der Waals surface area contributed by atoms with Gasteiger partial charge in [0.25, 0.3) is 0 Å². The van der Waals surface area contributed by atoms with Gasteiger partial charge in [0.1, 0.15) is 5.75 Å². The van der Waals surface area contributed by atoms with E-state index in [1.54, 1.807) is 24.3 Å². The van der Waals surface area contributed by atoms with Gasteiger partial charge in [0.15, 0.2) is 5.69 Å².